The SMILES string of the molecule is CC[C@H](C)[C@@H]1NC(=O)CCCN(S(=O)(=O)c2c(C)noc2C)CCCNC(=O)Cn2nc(Cc3ccc(OC)c(OC)c3)nc2[C@@H](C)NC1=O. The van der Waals surface area contributed by atoms with Gasteiger partial charge in [0.2, 0.25) is 27.7 Å². The second-order valence-corrected chi connectivity index (χ2v) is 14.3. The smallest absolute Gasteiger partial charge is 0.248 e. The van der Waals surface area contributed by atoms with Crippen LogP contribution in [0, 0.1) is 19.8 Å². The Morgan fingerprint density at radius 3 is 2.42 bits per heavy atom. The van der Waals surface area contributed by atoms with Crippen molar-refractivity contribution in [3.05, 3.63) is 46.9 Å². The molecular weight excluding hydrogens is 668 g/mol. The van der Waals surface area contributed by atoms with Crippen LogP contribution in [-0.4, -0.2) is 90.3 Å². The topological polar surface area (TPSA) is 200 Å². The highest BCUT2D eigenvalue weighted by Gasteiger charge is 2.32. The fraction of sp³-hybridized carbons (Fsp3) is 0.576. The monoisotopic (exact) mass is 716 g/mol. The molecule has 3 atom stereocenters. The molecule has 0 spiro atoms. The van der Waals surface area contributed by atoms with E-state index in [4.69, 9.17) is 19.0 Å². The number of methoxy groups -OCH3 is 2. The van der Waals surface area contributed by atoms with Crippen molar-refractivity contribution >= 4 is 27.7 Å². The molecule has 0 unspecified atom stereocenters. The third kappa shape index (κ3) is 9.18. The van der Waals surface area contributed by atoms with Gasteiger partial charge in [-0.3, -0.25) is 14.4 Å². The van der Waals surface area contributed by atoms with Crippen molar-refractivity contribution in [2.75, 3.05) is 33.9 Å². The lowest BCUT2D eigenvalue weighted by Crippen LogP contribution is -2.51. The molecule has 17 heteroatoms. The number of nitrogens with zero attached hydrogens (tertiary/aromatic N) is 5. The predicted molar refractivity (Wildman–Crippen MR) is 182 cm³/mol. The number of carbonyl (C=O) groups excluding carboxylic acids is 3. The van der Waals surface area contributed by atoms with Crippen LogP contribution in [0.1, 0.15) is 81.2 Å². The molecule has 2 aromatic heterocycles. The molecule has 0 fully saturated rings. The molecule has 274 valence electrons. The van der Waals surface area contributed by atoms with Gasteiger partial charge in [-0.25, -0.2) is 18.1 Å². The summed E-state index contributed by atoms with van der Waals surface area (Å²) in [4.78, 5) is 44.7. The van der Waals surface area contributed by atoms with Crippen LogP contribution in [0.3, 0.4) is 0 Å². The minimum Gasteiger partial charge on any atom is -0.493 e. The summed E-state index contributed by atoms with van der Waals surface area (Å²) < 4.78 is 46.0. The molecule has 3 aromatic rings. The van der Waals surface area contributed by atoms with Gasteiger partial charge in [0.1, 0.15) is 29.0 Å². The molecule has 3 amide bonds. The van der Waals surface area contributed by atoms with Gasteiger partial charge in [0.15, 0.2) is 23.1 Å². The highest BCUT2D eigenvalue weighted by Crippen LogP contribution is 2.28. The minimum absolute atomic E-state index is 0.00600. The lowest BCUT2D eigenvalue weighted by molar-refractivity contribution is -0.130. The number of hydrogen-bond donors (Lipinski definition) is 3. The van der Waals surface area contributed by atoms with Gasteiger partial charge in [0.05, 0.1) is 20.3 Å². The third-order valence-electron chi connectivity index (χ3n) is 8.69. The van der Waals surface area contributed by atoms with E-state index in [1.807, 2.05) is 26.0 Å². The van der Waals surface area contributed by atoms with Crippen LogP contribution in [-0.2, 0) is 37.4 Å². The Kier molecular flexibility index (Phi) is 13.0. The predicted octanol–water partition coefficient (Wildman–Crippen LogP) is 2.19. The van der Waals surface area contributed by atoms with Crippen LogP contribution >= 0.6 is 0 Å². The first-order valence-corrected chi connectivity index (χ1v) is 18.2. The van der Waals surface area contributed by atoms with Crippen molar-refractivity contribution < 1.29 is 36.8 Å². The Morgan fingerprint density at radius 1 is 1.04 bits per heavy atom. The largest absolute Gasteiger partial charge is 0.493 e. The van der Waals surface area contributed by atoms with Crippen molar-refractivity contribution in [2.24, 2.45) is 5.92 Å². The maximum atomic E-state index is 13.7. The molecule has 0 aliphatic carbocycles. The average Bonchev–Trinajstić information content (AvgIpc) is 3.64. The molecule has 0 saturated heterocycles. The molecule has 1 aromatic carbocycles. The zero-order valence-electron chi connectivity index (χ0n) is 29.7. The Labute approximate surface area is 292 Å². The van der Waals surface area contributed by atoms with Crippen molar-refractivity contribution in [3.63, 3.8) is 0 Å². The summed E-state index contributed by atoms with van der Waals surface area (Å²) in [5.74, 6) is 0.700. The van der Waals surface area contributed by atoms with Gasteiger partial charge >= 0.3 is 0 Å². The maximum Gasteiger partial charge on any atom is 0.248 e. The van der Waals surface area contributed by atoms with Gasteiger partial charge in [0, 0.05) is 32.5 Å². The Morgan fingerprint density at radius 2 is 1.76 bits per heavy atom. The van der Waals surface area contributed by atoms with E-state index in [0.29, 0.717) is 42.4 Å². The quantitative estimate of drug-likeness (QED) is 0.309. The number of hydrogen-bond acceptors (Lipinski definition) is 11. The average molecular weight is 717 g/mol. The third-order valence-corrected chi connectivity index (χ3v) is 10.8. The molecule has 0 bridgehead atoms. The highest BCUT2D eigenvalue weighted by molar-refractivity contribution is 7.89. The lowest BCUT2D eigenvalue weighted by atomic mass is 9.97. The Balaban J connectivity index is 1.63. The minimum atomic E-state index is -4.02. The summed E-state index contributed by atoms with van der Waals surface area (Å²) in [6.07, 6.45) is 1.43. The first kappa shape index (κ1) is 38.3. The molecule has 3 heterocycles. The number of aryl methyl sites for hydroxylation is 2. The second-order valence-electron chi connectivity index (χ2n) is 12.4. The van der Waals surface area contributed by atoms with Crippen LogP contribution in [0.2, 0.25) is 0 Å². The second kappa shape index (κ2) is 16.9. The molecule has 1 aliphatic heterocycles. The van der Waals surface area contributed by atoms with Gasteiger partial charge in [-0.05, 0) is 57.2 Å². The fourth-order valence-electron chi connectivity index (χ4n) is 5.82. The molecular formula is C33H48N8O8S. The van der Waals surface area contributed by atoms with Crippen molar-refractivity contribution in [2.45, 2.75) is 90.2 Å². The number of rotatable bonds is 8. The number of fused-ring (bicyclic) bond motifs is 1. The van der Waals surface area contributed by atoms with Crippen molar-refractivity contribution in [1.82, 2.24) is 40.2 Å². The zero-order chi connectivity index (χ0) is 36.6. The number of nitrogens with one attached hydrogen (secondary N) is 3. The fourth-order valence-corrected chi connectivity index (χ4v) is 7.63. The maximum absolute atomic E-state index is 13.7. The number of benzene rings is 1. The summed E-state index contributed by atoms with van der Waals surface area (Å²) in [6, 6.07) is 3.94. The lowest BCUT2D eigenvalue weighted by Gasteiger charge is -2.26. The van der Waals surface area contributed by atoms with Crippen LogP contribution in [0.25, 0.3) is 0 Å². The number of amides is 3. The number of ether oxygens (including phenoxy) is 2. The highest BCUT2D eigenvalue weighted by atomic mass is 32.2. The summed E-state index contributed by atoms with van der Waals surface area (Å²) in [6.45, 7) is 8.72. The van der Waals surface area contributed by atoms with Crippen LogP contribution in [0.4, 0.5) is 0 Å². The van der Waals surface area contributed by atoms with Gasteiger partial charge < -0.3 is 29.9 Å². The molecule has 50 heavy (non-hydrogen) atoms. The summed E-state index contributed by atoms with van der Waals surface area (Å²) >= 11 is 0. The summed E-state index contributed by atoms with van der Waals surface area (Å²) in [7, 11) is -0.924. The zero-order valence-corrected chi connectivity index (χ0v) is 30.6. The van der Waals surface area contributed by atoms with Crippen molar-refractivity contribution in [1.29, 1.82) is 0 Å². The van der Waals surface area contributed by atoms with E-state index in [0.717, 1.165) is 5.56 Å². The van der Waals surface area contributed by atoms with Gasteiger partial charge in [-0.1, -0.05) is 31.5 Å². The number of sulfonamides is 1. The summed E-state index contributed by atoms with van der Waals surface area (Å²) in [5, 5.41) is 17.1. The van der Waals surface area contributed by atoms with E-state index >= 15 is 0 Å². The molecule has 4 rings (SSSR count). The van der Waals surface area contributed by atoms with Gasteiger partial charge in [0.25, 0.3) is 0 Å². The van der Waals surface area contributed by atoms with Crippen LogP contribution < -0.4 is 25.4 Å². The van der Waals surface area contributed by atoms with E-state index in [9.17, 15) is 22.8 Å². The first-order chi connectivity index (χ1) is 23.8. The first-order valence-electron chi connectivity index (χ1n) is 16.7. The molecule has 1 aliphatic rings. The van der Waals surface area contributed by atoms with Crippen molar-refractivity contribution in [3.8, 4) is 11.5 Å². The Bertz CT molecular complexity index is 1750. The van der Waals surface area contributed by atoms with E-state index in [1.165, 1.54) is 15.9 Å². The van der Waals surface area contributed by atoms with Crippen LogP contribution in [0.15, 0.2) is 27.6 Å². The van der Waals surface area contributed by atoms with E-state index in [1.54, 1.807) is 34.1 Å². The number of aromatic nitrogens is 4. The molecule has 0 radical (unpaired) electrons. The normalized spacial score (nSPS) is 19.7. The molecule has 3 N–H and O–H groups in total. The number of carbonyl (C=O) groups is 3. The van der Waals surface area contributed by atoms with E-state index < -0.39 is 28.0 Å². The Hall–Kier alpha value is -4.51. The van der Waals surface area contributed by atoms with Gasteiger partial charge in [-0.15, -0.1) is 0 Å². The van der Waals surface area contributed by atoms with Crippen LogP contribution in [0.5, 0.6) is 11.5 Å². The van der Waals surface area contributed by atoms with E-state index in [2.05, 4.69) is 26.2 Å². The standard InChI is InChI=1S/C33H48N8O8S/c1-8-20(2)30-33(44)35-22(4)32-36-27(18-24-12-13-25(47-6)26(17-24)48-7)38-41(32)19-29(43)34-14-10-16-40(15-9-11-28(42)37-30)50(45,46)31-21(3)39-49-23(31)5/h12-13,17,20,22,30H,8-11,14-16,18-19H2,1-7H3,(H,34,43)(H,35,44)(H,37,42)/t20-,22+,30-/m0/s1. The summed E-state index contributed by atoms with van der Waals surface area (Å²) in [5.41, 5.74) is 1.08. The molecule has 16 nitrogen and oxygen atoms in total. The molecule has 0 saturated carbocycles. The van der Waals surface area contributed by atoms with Gasteiger partial charge in [-0.2, -0.15) is 9.40 Å². The van der Waals surface area contributed by atoms with E-state index in [-0.39, 0.29) is 73.1 Å².